The molecule has 1 aromatic carbocycles. The zero-order valence-corrected chi connectivity index (χ0v) is 12.3. The number of benzene rings is 1. The van der Waals surface area contributed by atoms with Crippen molar-refractivity contribution in [2.24, 2.45) is 5.92 Å². The number of halogens is 1. The summed E-state index contributed by atoms with van der Waals surface area (Å²) in [5.74, 6) is 0.0448. The van der Waals surface area contributed by atoms with Crippen molar-refractivity contribution in [3.63, 3.8) is 0 Å². The molecular weight excluding hydrogens is 269 g/mol. The van der Waals surface area contributed by atoms with Gasteiger partial charge in [0.25, 0.3) is 0 Å². The van der Waals surface area contributed by atoms with Gasteiger partial charge in [-0.05, 0) is 55.4 Å². The van der Waals surface area contributed by atoms with Crippen LogP contribution >= 0.6 is 0 Å². The second-order valence-corrected chi connectivity index (χ2v) is 6.01. The fourth-order valence-corrected chi connectivity index (χ4v) is 2.57. The first-order valence-electron chi connectivity index (χ1n) is 7.41. The van der Waals surface area contributed by atoms with Crippen LogP contribution < -0.4 is 5.32 Å². The van der Waals surface area contributed by atoms with Crippen molar-refractivity contribution in [3.8, 4) is 0 Å². The van der Waals surface area contributed by atoms with Crippen molar-refractivity contribution in [3.05, 3.63) is 41.7 Å². The molecule has 4 heteroatoms. The highest BCUT2D eigenvalue weighted by Crippen LogP contribution is 2.31. The molecule has 2 rings (SSSR count). The van der Waals surface area contributed by atoms with Gasteiger partial charge < -0.3 is 10.4 Å². The van der Waals surface area contributed by atoms with Gasteiger partial charge in [-0.3, -0.25) is 4.79 Å². The van der Waals surface area contributed by atoms with Gasteiger partial charge in [0.1, 0.15) is 5.82 Å². The van der Waals surface area contributed by atoms with Gasteiger partial charge in [0.2, 0.25) is 5.91 Å². The molecule has 0 radical (unpaired) electrons. The van der Waals surface area contributed by atoms with Gasteiger partial charge in [0.05, 0.1) is 5.60 Å². The zero-order valence-electron chi connectivity index (χ0n) is 12.3. The summed E-state index contributed by atoms with van der Waals surface area (Å²) in [7, 11) is 0. The van der Waals surface area contributed by atoms with E-state index in [1.165, 1.54) is 18.2 Å². The van der Waals surface area contributed by atoms with Gasteiger partial charge in [-0.25, -0.2) is 4.39 Å². The Kier molecular flexibility index (Phi) is 5.12. The van der Waals surface area contributed by atoms with E-state index in [0.29, 0.717) is 11.5 Å². The van der Waals surface area contributed by atoms with Crippen LogP contribution in [-0.2, 0) is 4.79 Å². The Balaban J connectivity index is 1.82. The Labute approximate surface area is 124 Å². The minimum absolute atomic E-state index is 0.270. The SMILES string of the molecule is CC1CCC(O)(CNC(=O)C=Cc2cccc(F)c2)CC1. The molecule has 1 aliphatic carbocycles. The van der Waals surface area contributed by atoms with Crippen LogP contribution in [0.1, 0.15) is 38.2 Å². The predicted octanol–water partition coefficient (Wildman–Crippen LogP) is 2.90. The summed E-state index contributed by atoms with van der Waals surface area (Å²) in [5, 5.41) is 13.1. The third kappa shape index (κ3) is 4.97. The Morgan fingerprint density at radius 3 is 2.86 bits per heavy atom. The van der Waals surface area contributed by atoms with Crippen LogP contribution in [0, 0.1) is 11.7 Å². The number of rotatable bonds is 4. The first-order valence-corrected chi connectivity index (χ1v) is 7.41. The number of hydrogen-bond donors (Lipinski definition) is 2. The van der Waals surface area contributed by atoms with E-state index in [-0.39, 0.29) is 18.3 Å². The smallest absolute Gasteiger partial charge is 0.244 e. The predicted molar refractivity (Wildman–Crippen MR) is 81.0 cm³/mol. The number of carbonyl (C=O) groups excluding carboxylic acids is 1. The molecule has 0 unspecified atom stereocenters. The number of nitrogens with one attached hydrogen (secondary N) is 1. The average Bonchev–Trinajstić information content (AvgIpc) is 2.47. The molecule has 0 spiro atoms. The van der Waals surface area contributed by atoms with Crippen LogP contribution in [0.4, 0.5) is 4.39 Å². The summed E-state index contributed by atoms with van der Waals surface area (Å²) in [4.78, 5) is 11.7. The monoisotopic (exact) mass is 291 g/mol. The number of hydrogen-bond acceptors (Lipinski definition) is 2. The molecule has 114 valence electrons. The molecule has 3 nitrogen and oxygen atoms in total. The zero-order chi connectivity index (χ0) is 15.3. The lowest BCUT2D eigenvalue weighted by atomic mass is 9.79. The first kappa shape index (κ1) is 15.7. The molecule has 1 amide bonds. The summed E-state index contributed by atoms with van der Waals surface area (Å²) in [5.41, 5.74) is -0.148. The van der Waals surface area contributed by atoms with Gasteiger partial charge >= 0.3 is 0 Å². The molecule has 21 heavy (non-hydrogen) atoms. The molecule has 0 aromatic heterocycles. The van der Waals surface area contributed by atoms with Crippen molar-refractivity contribution in [2.45, 2.75) is 38.2 Å². The molecule has 1 aliphatic rings. The topological polar surface area (TPSA) is 49.3 Å². The lowest BCUT2D eigenvalue weighted by Crippen LogP contribution is -2.44. The maximum absolute atomic E-state index is 13.0. The maximum atomic E-state index is 13.0. The number of amides is 1. The highest BCUT2D eigenvalue weighted by Gasteiger charge is 2.31. The van der Waals surface area contributed by atoms with Crippen LogP contribution in [0.3, 0.4) is 0 Å². The third-order valence-electron chi connectivity index (χ3n) is 4.07. The minimum Gasteiger partial charge on any atom is -0.388 e. The first-order chi connectivity index (χ1) is 9.97. The van der Waals surface area contributed by atoms with Gasteiger partial charge in [-0.1, -0.05) is 19.1 Å². The molecule has 1 fully saturated rings. The van der Waals surface area contributed by atoms with Gasteiger partial charge in [0, 0.05) is 12.6 Å². The molecular formula is C17H22FNO2. The Morgan fingerprint density at radius 2 is 2.19 bits per heavy atom. The molecule has 0 atom stereocenters. The molecule has 0 bridgehead atoms. The third-order valence-corrected chi connectivity index (χ3v) is 4.07. The molecule has 2 N–H and O–H groups in total. The Hall–Kier alpha value is -1.68. The van der Waals surface area contributed by atoms with Crippen molar-refractivity contribution >= 4 is 12.0 Å². The van der Waals surface area contributed by atoms with Crippen molar-refractivity contribution < 1.29 is 14.3 Å². The summed E-state index contributed by atoms with van der Waals surface area (Å²) < 4.78 is 13.0. The fourth-order valence-electron chi connectivity index (χ4n) is 2.57. The number of aliphatic hydroxyl groups is 1. The van der Waals surface area contributed by atoms with Gasteiger partial charge in [-0.2, -0.15) is 0 Å². The highest BCUT2D eigenvalue weighted by molar-refractivity contribution is 5.91. The van der Waals surface area contributed by atoms with Gasteiger partial charge in [0.15, 0.2) is 0 Å². The summed E-state index contributed by atoms with van der Waals surface area (Å²) in [6.45, 7) is 2.45. The van der Waals surface area contributed by atoms with Gasteiger partial charge in [-0.15, -0.1) is 0 Å². The molecule has 1 aromatic rings. The normalized spacial score (nSPS) is 26.0. The fraction of sp³-hybridized carbons (Fsp3) is 0.471. The second-order valence-electron chi connectivity index (χ2n) is 6.01. The van der Waals surface area contributed by atoms with E-state index in [9.17, 15) is 14.3 Å². The van der Waals surface area contributed by atoms with E-state index in [4.69, 9.17) is 0 Å². The van der Waals surface area contributed by atoms with Crippen molar-refractivity contribution in [1.29, 1.82) is 0 Å². The standard InChI is InChI=1S/C17H22FNO2/c1-13-7-9-17(21,10-8-13)12-19-16(20)6-5-14-3-2-4-15(18)11-14/h2-6,11,13,21H,7-10,12H2,1H3,(H,19,20). The highest BCUT2D eigenvalue weighted by atomic mass is 19.1. The summed E-state index contributed by atoms with van der Waals surface area (Å²) in [6.07, 6.45) is 6.36. The van der Waals surface area contributed by atoms with E-state index in [2.05, 4.69) is 12.2 Å². The lowest BCUT2D eigenvalue weighted by Gasteiger charge is -2.34. The Morgan fingerprint density at radius 1 is 1.48 bits per heavy atom. The lowest BCUT2D eigenvalue weighted by molar-refractivity contribution is -0.118. The van der Waals surface area contributed by atoms with E-state index in [1.807, 2.05) is 0 Å². The Bertz CT molecular complexity index is 519. The van der Waals surface area contributed by atoms with E-state index in [1.54, 1.807) is 18.2 Å². The molecule has 0 aliphatic heterocycles. The van der Waals surface area contributed by atoms with Crippen LogP contribution in [0.15, 0.2) is 30.3 Å². The van der Waals surface area contributed by atoms with Crippen molar-refractivity contribution in [2.75, 3.05) is 6.54 Å². The maximum Gasteiger partial charge on any atom is 0.244 e. The average molecular weight is 291 g/mol. The van der Waals surface area contributed by atoms with E-state index in [0.717, 1.165) is 25.7 Å². The van der Waals surface area contributed by atoms with E-state index >= 15 is 0 Å². The van der Waals surface area contributed by atoms with Crippen LogP contribution in [0.25, 0.3) is 6.08 Å². The molecule has 1 saturated carbocycles. The largest absolute Gasteiger partial charge is 0.388 e. The van der Waals surface area contributed by atoms with Crippen LogP contribution in [0.2, 0.25) is 0 Å². The van der Waals surface area contributed by atoms with Crippen LogP contribution in [-0.4, -0.2) is 23.2 Å². The van der Waals surface area contributed by atoms with E-state index < -0.39 is 5.60 Å². The second kappa shape index (κ2) is 6.85. The number of carbonyl (C=O) groups is 1. The van der Waals surface area contributed by atoms with Crippen molar-refractivity contribution in [1.82, 2.24) is 5.32 Å². The summed E-state index contributed by atoms with van der Waals surface area (Å²) in [6, 6.07) is 6.04. The summed E-state index contributed by atoms with van der Waals surface area (Å²) >= 11 is 0. The minimum atomic E-state index is -0.783. The quantitative estimate of drug-likeness (QED) is 0.838. The molecule has 0 saturated heterocycles. The molecule has 0 heterocycles. The van der Waals surface area contributed by atoms with Crippen LogP contribution in [0.5, 0.6) is 0 Å².